The highest BCUT2D eigenvalue weighted by molar-refractivity contribution is 5.79. The van der Waals surface area contributed by atoms with Gasteiger partial charge >= 0.3 is 0 Å². The third kappa shape index (κ3) is 4.82. The first-order valence-corrected chi connectivity index (χ1v) is 7.69. The molecule has 1 aromatic rings. The molecule has 1 aliphatic heterocycles. The van der Waals surface area contributed by atoms with Crippen molar-refractivity contribution in [1.29, 1.82) is 0 Å². The third-order valence-corrected chi connectivity index (χ3v) is 4.18. The Bertz CT molecular complexity index is 413. The largest absolute Gasteiger partial charge is 0.383 e. The number of rotatable bonds is 7. The summed E-state index contributed by atoms with van der Waals surface area (Å²) in [7, 11) is 1.74. The molecule has 2 rings (SSSR count). The lowest BCUT2D eigenvalue weighted by molar-refractivity contribution is -0.124. The summed E-state index contributed by atoms with van der Waals surface area (Å²) in [5.74, 6) is 0.623. The Balaban J connectivity index is 1.66. The number of hydrogen-bond acceptors (Lipinski definition) is 4. The molecule has 0 bridgehead atoms. The summed E-state index contributed by atoms with van der Waals surface area (Å²) in [6.07, 6.45) is 5.79. The van der Waals surface area contributed by atoms with Crippen molar-refractivity contribution in [3.8, 4) is 0 Å². The van der Waals surface area contributed by atoms with Crippen LogP contribution in [-0.4, -0.2) is 60.5 Å². The summed E-state index contributed by atoms with van der Waals surface area (Å²) >= 11 is 0. The molecular weight excluding hydrogens is 268 g/mol. The second-order valence-electron chi connectivity index (χ2n) is 5.69. The number of aromatic nitrogens is 2. The third-order valence-electron chi connectivity index (χ3n) is 4.18. The highest BCUT2D eigenvalue weighted by Gasteiger charge is 2.21. The highest BCUT2D eigenvalue weighted by atomic mass is 16.5. The van der Waals surface area contributed by atoms with E-state index in [1.165, 1.54) is 0 Å². The number of methoxy groups -OCH3 is 1. The summed E-state index contributed by atoms with van der Waals surface area (Å²) in [5.41, 5.74) is 0. The van der Waals surface area contributed by atoms with Gasteiger partial charge in [0, 0.05) is 32.6 Å². The molecule has 1 saturated heterocycles. The van der Waals surface area contributed by atoms with Crippen molar-refractivity contribution in [2.75, 3.05) is 39.9 Å². The van der Waals surface area contributed by atoms with Crippen LogP contribution in [0.15, 0.2) is 18.5 Å². The van der Waals surface area contributed by atoms with Crippen molar-refractivity contribution in [3.63, 3.8) is 0 Å². The molecule has 0 unspecified atom stereocenters. The fourth-order valence-corrected chi connectivity index (χ4v) is 2.66. The van der Waals surface area contributed by atoms with Crippen molar-refractivity contribution in [3.05, 3.63) is 18.5 Å². The van der Waals surface area contributed by atoms with Crippen LogP contribution < -0.4 is 5.32 Å². The minimum atomic E-state index is -0.248. The van der Waals surface area contributed by atoms with Crippen LogP contribution in [0.3, 0.4) is 0 Å². The van der Waals surface area contributed by atoms with Crippen molar-refractivity contribution < 1.29 is 9.53 Å². The van der Waals surface area contributed by atoms with Crippen LogP contribution in [0.5, 0.6) is 0 Å². The van der Waals surface area contributed by atoms with Crippen LogP contribution in [0.25, 0.3) is 0 Å². The standard InChI is InChI=1S/C15H26N4O2/c1-13(19-7-3-6-17-19)15(20)16-12-14-4-8-18(9-5-14)10-11-21-2/h3,6-7,13-14H,4-5,8-12H2,1-2H3,(H,16,20)/t13-/m1/s1. The molecule has 1 aromatic heterocycles. The zero-order chi connectivity index (χ0) is 15.1. The molecule has 6 nitrogen and oxygen atoms in total. The minimum absolute atomic E-state index is 0.0421. The summed E-state index contributed by atoms with van der Waals surface area (Å²) < 4.78 is 6.79. The lowest BCUT2D eigenvalue weighted by Crippen LogP contribution is -2.41. The predicted molar refractivity (Wildman–Crippen MR) is 81.0 cm³/mol. The van der Waals surface area contributed by atoms with E-state index in [0.29, 0.717) is 5.92 Å². The molecule has 1 amide bonds. The van der Waals surface area contributed by atoms with Crippen LogP contribution in [0, 0.1) is 5.92 Å². The molecule has 0 aromatic carbocycles. The molecule has 6 heteroatoms. The highest BCUT2D eigenvalue weighted by Crippen LogP contribution is 2.16. The Morgan fingerprint density at radius 2 is 2.24 bits per heavy atom. The first kappa shape index (κ1) is 16.0. The van der Waals surface area contributed by atoms with E-state index in [1.807, 2.05) is 19.2 Å². The maximum Gasteiger partial charge on any atom is 0.244 e. The molecule has 0 radical (unpaired) electrons. The van der Waals surface area contributed by atoms with Gasteiger partial charge in [0.2, 0.25) is 5.91 Å². The number of nitrogens with zero attached hydrogens (tertiary/aromatic N) is 3. The van der Waals surface area contributed by atoms with E-state index in [0.717, 1.165) is 45.6 Å². The van der Waals surface area contributed by atoms with Gasteiger partial charge in [-0.2, -0.15) is 5.10 Å². The van der Waals surface area contributed by atoms with Gasteiger partial charge < -0.3 is 15.0 Å². The van der Waals surface area contributed by atoms with Gasteiger partial charge in [0.05, 0.1) is 6.61 Å². The van der Waals surface area contributed by atoms with Gasteiger partial charge in [0.25, 0.3) is 0 Å². The van der Waals surface area contributed by atoms with E-state index in [2.05, 4.69) is 15.3 Å². The number of amides is 1. The Labute approximate surface area is 126 Å². The molecule has 1 fully saturated rings. The van der Waals surface area contributed by atoms with Crippen molar-refractivity contribution >= 4 is 5.91 Å². The topological polar surface area (TPSA) is 59.4 Å². The second kappa shape index (κ2) is 8.14. The monoisotopic (exact) mass is 294 g/mol. The summed E-state index contributed by atoms with van der Waals surface area (Å²) in [6, 6.07) is 1.58. The van der Waals surface area contributed by atoms with Gasteiger partial charge in [0.1, 0.15) is 6.04 Å². The van der Waals surface area contributed by atoms with Crippen molar-refractivity contribution in [2.24, 2.45) is 5.92 Å². The van der Waals surface area contributed by atoms with E-state index in [-0.39, 0.29) is 11.9 Å². The van der Waals surface area contributed by atoms with E-state index in [4.69, 9.17) is 4.74 Å². The average molecular weight is 294 g/mol. The Morgan fingerprint density at radius 3 is 2.86 bits per heavy atom. The Hall–Kier alpha value is -1.40. The molecular formula is C15H26N4O2. The van der Waals surface area contributed by atoms with Crippen molar-refractivity contribution in [1.82, 2.24) is 20.0 Å². The number of hydrogen-bond donors (Lipinski definition) is 1. The van der Waals surface area contributed by atoms with Gasteiger partial charge in [-0.15, -0.1) is 0 Å². The van der Waals surface area contributed by atoms with Crippen LogP contribution in [0.2, 0.25) is 0 Å². The van der Waals surface area contributed by atoms with Crippen LogP contribution in [0.1, 0.15) is 25.8 Å². The molecule has 21 heavy (non-hydrogen) atoms. The smallest absolute Gasteiger partial charge is 0.244 e. The number of carbonyl (C=O) groups is 1. The maximum atomic E-state index is 12.1. The molecule has 1 N–H and O–H groups in total. The van der Waals surface area contributed by atoms with Crippen LogP contribution >= 0.6 is 0 Å². The number of nitrogens with one attached hydrogen (secondary N) is 1. The van der Waals surface area contributed by atoms with Gasteiger partial charge in [0.15, 0.2) is 0 Å². The molecule has 1 atom stereocenters. The number of ether oxygens (including phenoxy) is 1. The number of carbonyl (C=O) groups excluding carboxylic acids is 1. The molecule has 118 valence electrons. The Morgan fingerprint density at radius 1 is 1.48 bits per heavy atom. The normalized spacial score (nSPS) is 18.6. The fourth-order valence-electron chi connectivity index (χ4n) is 2.66. The summed E-state index contributed by atoms with van der Waals surface area (Å²) in [6.45, 7) is 6.63. The lowest BCUT2D eigenvalue weighted by Gasteiger charge is -2.31. The van der Waals surface area contributed by atoms with Crippen LogP contribution in [0.4, 0.5) is 0 Å². The van der Waals surface area contributed by atoms with Gasteiger partial charge in [-0.25, -0.2) is 0 Å². The summed E-state index contributed by atoms with van der Waals surface area (Å²) in [5, 5.41) is 7.16. The van der Waals surface area contributed by atoms with Gasteiger partial charge in [-0.1, -0.05) is 0 Å². The van der Waals surface area contributed by atoms with E-state index in [9.17, 15) is 4.79 Å². The van der Waals surface area contributed by atoms with Crippen LogP contribution in [-0.2, 0) is 9.53 Å². The van der Waals surface area contributed by atoms with Crippen molar-refractivity contribution in [2.45, 2.75) is 25.8 Å². The predicted octanol–water partition coefficient (Wildman–Crippen LogP) is 0.919. The zero-order valence-corrected chi connectivity index (χ0v) is 13.0. The molecule has 1 aliphatic rings. The first-order valence-electron chi connectivity index (χ1n) is 7.69. The summed E-state index contributed by atoms with van der Waals surface area (Å²) in [4.78, 5) is 14.5. The maximum absolute atomic E-state index is 12.1. The fraction of sp³-hybridized carbons (Fsp3) is 0.733. The molecule has 0 aliphatic carbocycles. The van der Waals surface area contributed by atoms with Gasteiger partial charge in [-0.05, 0) is 44.8 Å². The number of likely N-dealkylation sites (tertiary alicyclic amines) is 1. The quantitative estimate of drug-likeness (QED) is 0.812. The molecule has 0 saturated carbocycles. The molecule has 0 spiro atoms. The van der Waals surface area contributed by atoms with Gasteiger partial charge in [-0.3, -0.25) is 9.48 Å². The van der Waals surface area contributed by atoms with E-state index in [1.54, 1.807) is 18.0 Å². The average Bonchev–Trinajstić information content (AvgIpc) is 3.05. The van der Waals surface area contributed by atoms with E-state index < -0.39 is 0 Å². The lowest BCUT2D eigenvalue weighted by atomic mass is 9.97. The van der Waals surface area contributed by atoms with E-state index >= 15 is 0 Å². The SMILES string of the molecule is COCCN1CCC(CNC(=O)[C@@H](C)n2cccn2)CC1. The first-order chi connectivity index (χ1) is 10.2. The number of piperidine rings is 1. The zero-order valence-electron chi connectivity index (χ0n) is 13.0. The second-order valence-corrected chi connectivity index (χ2v) is 5.69. The minimum Gasteiger partial charge on any atom is -0.383 e. The molecule has 2 heterocycles. The Kier molecular flexibility index (Phi) is 6.20.